The fraction of sp³-hybridized carbons (Fsp3) is 0. The molecule has 1 rings (SSSR count). The summed E-state index contributed by atoms with van der Waals surface area (Å²) in [5.74, 6) is -0.779. The van der Waals surface area contributed by atoms with E-state index in [1.807, 2.05) is 0 Å². The minimum absolute atomic E-state index is 0.293. The second kappa shape index (κ2) is 4.05. The minimum Gasteiger partial charge on any atom is -0.478 e. The van der Waals surface area contributed by atoms with Gasteiger partial charge in [0, 0.05) is 18.5 Å². The summed E-state index contributed by atoms with van der Waals surface area (Å²) in [6.07, 6.45) is 3.50. The molecule has 0 aliphatic heterocycles. The number of carboxylic acid groups (broad SMARTS) is 1. The number of nitrogens with zero attached hydrogens (tertiary/aromatic N) is 1. The van der Waals surface area contributed by atoms with E-state index in [4.69, 9.17) is 5.11 Å². The first kappa shape index (κ1) is 8.98. The number of anilines is 1. The van der Waals surface area contributed by atoms with Gasteiger partial charge in [0.25, 0.3) is 0 Å². The Morgan fingerprint density at radius 1 is 1.69 bits per heavy atom. The van der Waals surface area contributed by atoms with Crippen LogP contribution in [0.15, 0.2) is 29.3 Å². The summed E-state index contributed by atoms with van der Waals surface area (Å²) in [7, 11) is 0. The van der Waals surface area contributed by atoms with Gasteiger partial charge < -0.3 is 15.4 Å². The van der Waals surface area contributed by atoms with E-state index in [1.54, 1.807) is 0 Å². The molecule has 6 heteroatoms. The maximum Gasteiger partial charge on any atom is 0.346 e. The van der Waals surface area contributed by atoms with E-state index in [1.165, 1.54) is 18.5 Å². The molecule has 6 nitrogen and oxygen atoms in total. The second-order valence-corrected chi connectivity index (χ2v) is 2.10. The van der Waals surface area contributed by atoms with Crippen LogP contribution in [0.4, 0.5) is 5.82 Å². The summed E-state index contributed by atoms with van der Waals surface area (Å²) in [5.41, 5.74) is -0.492. The SMILES string of the molecule is O=C(O)C=CNc1cc[nH]c(=O)n1. The third kappa shape index (κ3) is 3.19. The number of carbonyl (C=O) groups is 1. The standard InChI is InChI=1S/C7H7N3O3/c11-6(12)2-4-8-5-1-3-9-7(13)10-5/h1-4H,(H,11,12)(H2,8,9,10,13). The first-order valence-electron chi connectivity index (χ1n) is 3.40. The Hall–Kier alpha value is -2.11. The van der Waals surface area contributed by atoms with Gasteiger partial charge in [0.1, 0.15) is 5.82 Å². The Kier molecular flexibility index (Phi) is 2.80. The number of H-pyrrole nitrogens is 1. The molecule has 1 aromatic heterocycles. The molecule has 0 saturated heterocycles. The van der Waals surface area contributed by atoms with Crippen molar-refractivity contribution < 1.29 is 9.90 Å². The second-order valence-electron chi connectivity index (χ2n) is 2.10. The van der Waals surface area contributed by atoms with Gasteiger partial charge in [-0.05, 0) is 6.07 Å². The fourth-order valence-electron chi connectivity index (χ4n) is 0.650. The van der Waals surface area contributed by atoms with Gasteiger partial charge in [-0.25, -0.2) is 9.59 Å². The normalized spacial score (nSPS) is 10.2. The Bertz CT molecular complexity index is 383. The van der Waals surface area contributed by atoms with Crippen molar-refractivity contribution in [1.82, 2.24) is 9.97 Å². The highest BCUT2D eigenvalue weighted by Crippen LogP contribution is 1.94. The largest absolute Gasteiger partial charge is 0.478 e. The van der Waals surface area contributed by atoms with Crippen LogP contribution in [0.5, 0.6) is 0 Å². The van der Waals surface area contributed by atoms with E-state index in [0.29, 0.717) is 5.82 Å². The van der Waals surface area contributed by atoms with Crippen molar-refractivity contribution >= 4 is 11.8 Å². The average Bonchev–Trinajstić information content (AvgIpc) is 2.03. The average molecular weight is 181 g/mol. The Labute approximate surface area is 72.9 Å². The highest BCUT2D eigenvalue weighted by atomic mass is 16.4. The maximum absolute atomic E-state index is 10.6. The van der Waals surface area contributed by atoms with Crippen LogP contribution in [-0.4, -0.2) is 21.0 Å². The molecular formula is C7H7N3O3. The van der Waals surface area contributed by atoms with E-state index < -0.39 is 11.7 Å². The fourth-order valence-corrected chi connectivity index (χ4v) is 0.650. The van der Waals surface area contributed by atoms with Gasteiger partial charge in [-0.3, -0.25) is 0 Å². The zero-order chi connectivity index (χ0) is 9.68. The summed E-state index contributed by atoms with van der Waals surface area (Å²) >= 11 is 0. The molecule has 0 saturated carbocycles. The molecule has 0 radical (unpaired) electrons. The van der Waals surface area contributed by atoms with Crippen molar-refractivity contribution in [2.75, 3.05) is 5.32 Å². The van der Waals surface area contributed by atoms with Crippen molar-refractivity contribution in [3.05, 3.63) is 35.0 Å². The van der Waals surface area contributed by atoms with Crippen molar-refractivity contribution in [2.24, 2.45) is 0 Å². The minimum atomic E-state index is -1.07. The Morgan fingerprint density at radius 3 is 3.08 bits per heavy atom. The first-order chi connectivity index (χ1) is 6.18. The molecule has 0 amide bonds. The summed E-state index contributed by atoms with van der Waals surface area (Å²) in [6.45, 7) is 0. The van der Waals surface area contributed by atoms with Crippen LogP contribution in [0.25, 0.3) is 0 Å². The zero-order valence-corrected chi connectivity index (χ0v) is 6.52. The smallest absolute Gasteiger partial charge is 0.346 e. The van der Waals surface area contributed by atoms with Crippen molar-refractivity contribution in [1.29, 1.82) is 0 Å². The lowest BCUT2D eigenvalue weighted by Crippen LogP contribution is -2.10. The molecule has 0 aliphatic carbocycles. The van der Waals surface area contributed by atoms with Gasteiger partial charge in [-0.15, -0.1) is 0 Å². The number of hydrogen-bond acceptors (Lipinski definition) is 4. The Balaban J connectivity index is 2.65. The molecule has 0 fully saturated rings. The molecule has 0 aliphatic rings. The number of aromatic nitrogens is 2. The van der Waals surface area contributed by atoms with Crippen LogP contribution in [0.3, 0.4) is 0 Å². The summed E-state index contributed by atoms with van der Waals surface area (Å²) in [5, 5.41) is 10.8. The number of rotatable bonds is 3. The maximum atomic E-state index is 10.6. The lowest BCUT2D eigenvalue weighted by molar-refractivity contribution is -0.131. The van der Waals surface area contributed by atoms with Crippen LogP contribution in [0.2, 0.25) is 0 Å². The van der Waals surface area contributed by atoms with Crippen LogP contribution < -0.4 is 11.0 Å². The van der Waals surface area contributed by atoms with Crippen LogP contribution in [0.1, 0.15) is 0 Å². The molecule has 0 unspecified atom stereocenters. The van der Waals surface area contributed by atoms with Gasteiger partial charge in [-0.2, -0.15) is 4.98 Å². The van der Waals surface area contributed by atoms with E-state index in [9.17, 15) is 9.59 Å². The number of nitrogens with one attached hydrogen (secondary N) is 2. The third-order valence-electron chi connectivity index (χ3n) is 1.13. The number of aromatic amines is 1. The molecule has 68 valence electrons. The zero-order valence-electron chi connectivity index (χ0n) is 6.52. The van der Waals surface area contributed by atoms with Crippen molar-refractivity contribution in [3.8, 4) is 0 Å². The molecule has 13 heavy (non-hydrogen) atoms. The quantitative estimate of drug-likeness (QED) is 0.560. The first-order valence-corrected chi connectivity index (χ1v) is 3.40. The molecular weight excluding hydrogens is 174 g/mol. The lowest BCUT2D eigenvalue weighted by atomic mass is 10.5. The predicted molar refractivity (Wildman–Crippen MR) is 45.3 cm³/mol. The van der Waals surface area contributed by atoms with Gasteiger partial charge in [0.15, 0.2) is 0 Å². The lowest BCUT2D eigenvalue weighted by Gasteiger charge is -1.95. The van der Waals surface area contributed by atoms with Crippen LogP contribution >= 0.6 is 0 Å². The van der Waals surface area contributed by atoms with Gasteiger partial charge in [0.05, 0.1) is 0 Å². The monoisotopic (exact) mass is 181 g/mol. The van der Waals surface area contributed by atoms with Crippen molar-refractivity contribution in [2.45, 2.75) is 0 Å². The van der Waals surface area contributed by atoms with Crippen molar-refractivity contribution in [3.63, 3.8) is 0 Å². The molecule has 1 heterocycles. The third-order valence-corrected chi connectivity index (χ3v) is 1.13. The van der Waals surface area contributed by atoms with Gasteiger partial charge >= 0.3 is 11.7 Å². The number of hydrogen-bond donors (Lipinski definition) is 3. The highest BCUT2D eigenvalue weighted by Gasteiger charge is 1.90. The van der Waals surface area contributed by atoms with E-state index in [0.717, 1.165) is 6.08 Å². The molecule has 0 bridgehead atoms. The highest BCUT2D eigenvalue weighted by molar-refractivity contribution is 5.80. The Morgan fingerprint density at radius 2 is 2.46 bits per heavy atom. The molecule has 0 aromatic carbocycles. The van der Waals surface area contributed by atoms with E-state index in [2.05, 4.69) is 15.3 Å². The molecule has 0 spiro atoms. The van der Waals surface area contributed by atoms with Crippen LogP contribution in [-0.2, 0) is 4.79 Å². The summed E-state index contributed by atoms with van der Waals surface area (Å²) in [6, 6.07) is 1.51. The molecule has 0 atom stereocenters. The summed E-state index contributed by atoms with van der Waals surface area (Å²) < 4.78 is 0. The van der Waals surface area contributed by atoms with Gasteiger partial charge in [-0.1, -0.05) is 0 Å². The predicted octanol–water partition coefficient (Wildman–Crippen LogP) is -0.220. The molecule has 3 N–H and O–H groups in total. The van der Waals surface area contributed by atoms with Gasteiger partial charge in [0.2, 0.25) is 0 Å². The van der Waals surface area contributed by atoms with Crippen LogP contribution in [0, 0.1) is 0 Å². The van der Waals surface area contributed by atoms with E-state index in [-0.39, 0.29) is 0 Å². The number of aliphatic carboxylic acids is 1. The van der Waals surface area contributed by atoms with E-state index >= 15 is 0 Å². The number of carboxylic acids is 1. The summed E-state index contributed by atoms with van der Waals surface area (Å²) in [4.78, 5) is 26.5. The topological polar surface area (TPSA) is 95.1 Å². The molecule has 1 aromatic rings.